The molecule has 0 spiro atoms. The van der Waals surface area contributed by atoms with Crippen molar-refractivity contribution in [2.75, 3.05) is 25.6 Å². The molecule has 0 aliphatic rings. The average Bonchev–Trinajstić information content (AvgIpc) is 2.85. The number of rotatable bonds is 7. The predicted octanol–water partition coefficient (Wildman–Crippen LogP) is 3.03. The van der Waals surface area contributed by atoms with E-state index in [0.717, 1.165) is 37.1 Å². The summed E-state index contributed by atoms with van der Waals surface area (Å²) in [6.07, 6.45) is 4.73. The summed E-state index contributed by atoms with van der Waals surface area (Å²) in [5.74, 6) is 0.881. The monoisotopic (exact) mass is 279 g/mol. The number of imidazole rings is 1. The molecule has 0 saturated heterocycles. The van der Waals surface area contributed by atoms with Gasteiger partial charge >= 0.3 is 0 Å². The van der Waals surface area contributed by atoms with Crippen molar-refractivity contribution in [2.45, 2.75) is 13.0 Å². The van der Waals surface area contributed by atoms with Crippen LogP contribution in [0.25, 0.3) is 0 Å². The third-order valence-electron chi connectivity index (χ3n) is 2.79. The molecule has 19 heavy (non-hydrogen) atoms. The second-order valence-electron chi connectivity index (χ2n) is 4.28. The van der Waals surface area contributed by atoms with Crippen LogP contribution >= 0.6 is 11.6 Å². The highest BCUT2D eigenvalue weighted by Crippen LogP contribution is 2.13. The summed E-state index contributed by atoms with van der Waals surface area (Å²) < 4.78 is 7.10. The quantitative estimate of drug-likeness (QED) is 0.792. The van der Waals surface area contributed by atoms with Crippen LogP contribution in [0.5, 0.6) is 0 Å². The lowest BCUT2D eigenvalue weighted by atomic mass is 10.2. The van der Waals surface area contributed by atoms with Crippen molar-refractivity contribution in [3.05, 3.63) is 47.2 Å². The van der Waals surface area contributed by atoms with Crippen molar-refractivity contribution in [3.8, 4) is 0 Å². The average molecular weight is 280 g/mol. The van der Waals surface area contributed by atoms with Gasteiger partial charge < -0.3 is 14.6 Å². The van der Waals surface area contributed by atoms with Crippen LogP contribution in [-0.4, -0.2) is 29.8 Å². The molecule has 2 aromatic rings. The summed E-state index contributed by atoms with van der Waals surface area (Å²) in [4.78, 5) is 4.31. The van der Waals surface area contributed by atoms with Crippen molar-refractivity contribution in [3.63, 3.8) is 0 Å². The minimum atomic E-state index is 0.755. The molecule has 0 fully saturated rings. The Morgan fingerprint density at radius 1 is 1.32 bits per heavy atom. The second kappa shape index (κ2) is 7.16. The number of hydrogen-bond acceptors (Lipinski definition) is 3. The number of nitrogens with one attached hydrogen (secondary N) is 1. The molecule has 0 saturated carbocycles. The highest BCUT2D eigenvalue weighted by Gasteiger charge is 2.02. The number of ether oxygens (including phenoxy) is 1. The van der Waals surface area contributed by atoms with Crippen molar-refractivity contribution in [1.82, 2.24) is 9.55 Å². The summed E-state index contributed by atoms with van der Waals surface area (Å²) in [7, 11) is 1.71. The van der Waals surface area contributed by atoms with Gasteiger partial charge in [-0.3, -0.25) is 0 Å². The van der Waals surface area contributed by atoms with Crippen molar-refractivity contribution in [2.24, 2.45) is 0 Å². The van der Waals surface area contributed by atoms with Crippen LogP contribution in [-0.2, 0) is 11.3 Å². The van der Waals surface area contributed by atoms with Crippen molar-refractivity contribution < 1.29 is 4.74 Å². The van der Waals surface area contributed by atoms with E-state index < -0.39 is 0 Å². The smallest absolute Gasteiger partial charge is 0.203 e. The van der Waals surface area contributed by atoms with Gasteiger partial charge in [0.2, 0.25) is 5.95 Å². The van der Waals surface area contributed by atoms with Gasteiger partial charge in [-0.15, -0.1) is 0 Å². The lowest BCUT2D eigenvalue weighted by Crippen LogP contribution is -2.10. The molecule has 0 amide bonds. The van der Waals surface area contributed by atoms with E-state index >= 15 is 0 Å². The van der Waals surface area contributed by atoms with E-state index in [0.29, 0.717) is 0 Å². The molecule has 1 aromatic heterocycles. The van der Waals surface area contributed by atoms with Gasteiger partial charge in [0.25, 0.3) is 0 Å². The van der Waals surface area contributed by atoms with Gasteiger partial charge in [0, 0.05) is 37.7 Å². The number of hydrogen-bond donors (Lipinski definition) is 1. The fraction of sp³-hybridized carbons (Fsp3) is 0.357. The van der Waals surface area contributed by atoms with Gasteiger partial charge in [-0.25, -0.2) is 4.98 Å². The van der Waals surface area contributed by atoms with E-state index in [2.05, 4.69) is 14.9 Å². The Balaban J connectivity index is 1.93. The predicted molar refractivity (Wildman–Crippen MR) is 77.8 cm³/mol. The summed E-state index contributed by atoms with van der Waals surface area (Å²) in [6, 6.07) is 7.85. The van der Waals surface area contributed by atoms with Crippen LogP contribution in [0.1, 0.15) is 12.0 Å². The summed E-state index contributed by atoms with van der Waals surface area (Å²) in [5, 5.41) is 4.06. The SMILES string of the molecule is COCCCNc1nccn1Cc1ccc(Cl)cc1. The number of aromatic nitrogens is 2. The van der Waals surface area contributed by atoms with E-state index in [1.165, 1.54) is 5.56 Å². The molecule has 4 nitrogen and oxygen atoms in total. The zero-order valence-corrected chi connectivity index (χ0v) is 11.7. The van der Waals surface area contributed by atoms with Gasteiger partial charge in [-0.05, 0) is 24.1 Å². The Morgan fingerprint density at radius 3 is 2.84 bits per heavy atom. The molecule has 0 aliphatic carbocycles. The number of methoxy groups -OCH3 is 1. The number of benzene rings is 1. The van der Waals surface area contributed by atoms with Crippen molar-refractivity contribution in [1.29, 1.82) is 0 Å². The van der Waals surface area contributed by atoms with Crippen LogP contribution in [0.2, 0.25) is 5.02 Å². The first kappa shape index (κ1) is 13.9. The number of nitrogens with zero attached hydrogens (tertiary/aromatic N) is 2. The first-order valence-corrected chi connectivity index (χ1v) is 6.66. The molecular weight excluding hydrogens is 262 g/mol. The van der Waals surface area contributed by atoms with Crippen LogP contribution in [0, 0.1) is 0 Å². The summed E-state index contributed by atoms with van der Waals surface area (Å²) in [5.41, 5.74) is 1.20. The molecule has 0 bridgehead atoms. The van der Waals surface area contributed by atoms with E-state index in [1.54, 1.807) is 13.3 Å². The molecule has 102 valence electrons. The van der Waals surface area contributed by atoms with Gasteiger partial charge in [-0.1, -0.05) is 23.7 Å². The fourth-order valence-corrected chi connectivity index (χ4v) is 1.93. The van der Waals surface area contributed by atoms with Gasteiger partial charge in [0.05, 0.1) is 6.54 Å². The largest absolute Gasteiger partial charge is 0.385 e. The van der Waals surface area contributed by atoms with Gasteiger partial charge in [-0.2, -0.15) is 0 Å². The Bertz CT molecular complexity index is 496. The molecule has 2 rings (SSSR count). The number of halogens is 1. The maximum Gasteiger partial charge on any atom is 0.203 e. The first-order valence-electron chi connectivity index (χ1n) is 6.28. The summed E-state index contributed by atoms with van der Waals surface area (Å²) >= 11 is 5.88. The Kier molecular flexibility index (Phi) is 5.24. The first-order chi connectivity index (χ1) is 9.29. The lowest BCUT2D eigenvalue weighted by Gasteiger charge is -2.10. The van der Waals surface area contributed by atoms with E-state index in [4.69, 9.17) is 16.3 Å². The molecule has 0 radical (unpaired) electrons. The van der Waals surface area contributed by atoms with E-state index in [-0.39, 0.29) is 0 Å². The Morgan fingerprint density at radius 2 is 2.11 bits per heavy atom. The Labute approximate surface area is 118 Å². The third kappa shape index (κ3) is 4.26. The zero-order chi connectivity index (χ0) is 13.5. The van der Waals surface area contributed by atoms with E-state index in [1.807, 2.05) is 30.5 Å². The highest BCUT2D eigenvalue weighted by atomic mass is 35.5. The van der Waals surface area contributed by atoms with Crippen molar-refractivity contribution >= 4 is 17.5 Å². The molecule has 1 aromatic carbocycles. The molecule has 0 aliphatic heterocycles. The van der Waals surface area contributed by atoms with Crippen LogP contribution in [0.4, 0.5) is 5.95 Å². The fourth-order valence-electron chi connectivity index (χ4n) is 1.81. The third-order valence-corrected chi connectivity index (χ3v) is 3.04. The minimum absolute atomic E-state index is 0.755. The van der Waals surface area contributed by atoms with Gasteiger partial charge in [0.15, 0.2) is 0 Å². The molecule has 5 heteroatoms. The van der Waals surface area contributed by atoms with Crippen LogP contribution < -0.4 is 5.32 Å². The summed E-state index contributed by atoms with van der Waals surface area (Å²) in [6.45, 7) is 2.39. The molecule has 1 heterocycles. The van der Waals surface area contributed by atoms with Crippen LogP contribution in [0.3, 0.4) is 0 Å². The second-order valence-corrected chi connectivity index (χ2v) is 4.71. The lowest BCUT2D eigenvalue weighted by molar-refractivity contribution is 0.197. The molecular formula is C14H18ClN3O. The maximum absolute atomic E-state index is 5.88. The van der Waals surface area contributed by atoms with E-state index in [9.17, 15) is 0 Å². The van der Waals surface area contributed by atoms with Crippen LogP contribution in [0.15, 0.2) is 36.7 Å². The maximum atomic E-state index is 5.88. The molecule has 0 atom stereocenters. The highest BCUT2D eigenvalue weighted by molar-refractivity contribution is 6.30. The number of anilines is 1. The zero-order valence-electron chi connectivity index (χ0n) is 11.0. The molecule has 1 N–H and O–H groups in total. The Hall–Kier alpha value is -1.52. The van der Waals surface area contributed by atoms with Gasteiger partial charge in [0.1, 0.15) is 0 Å². The molecule has 0 unspecified atom stereocenters. The minimum Gasteiger partial charge on any atom is -0.385 e. The topological polar surface area (TPSA) is 39.1 Å². The standard InChI is InChI=1S/C14H18ClN3O/c1-19-10-2-7-16-14-17-8-9-18(14)11-12-3-5-13(15)6-4-12/h3-6,8-9H,2,7,10-11H2,1H3,(H,16,17). The normalized spacial score (nSPS) is 10.6.